The van der Waals surface area contributed by atoms with Crippen LogP contribution in [-0.4, -0.2) is 47.0 Å². The van der Waals surface area contributed by atoms with Crippen molar-refractivity contribution in [2.24, 2.45) is 0 Å². The fourth-order valence-corrected chi connectivity index (χ4v) is 2.29. The highest BCUT2D eigenvalue weighted by Crippen LogP contribution is 2.33. The zero-order valence-electron chi connectivity index (χ0n) is 9.09. The zero-order valence-corrected chi connectivity index (χ0v) is 10.7. The van der Waals surface area contributed by atoms with Crippen molar-refractivity contribution in [1.82, 2.24) is 0 Å². The normalized spacial score (nSPS) is 44.9. The summed E-state index contributed by atoms with van der Waals surface area (Å²) in [5.74, 6) is -0.356. The van der Waals surface area contributed by atoms with Gasteiger partial charge in [0.05, 0.1) is 6.61 Å². The highest BCUT2D eigenvalue weighted by Gasteiger charge is 2.48. The average Bonchev–Trinajstić information content (AvgIpc) is 2.70. The lowest BCUT2D eigenvalue weighted by Gasteiger charge is -2.22. The van der Waals surface area contributed by atoms with E-state index in [4.69, 9.17) is 14.2 Å². The van der Waals surface area contributed by atoms with Crippen molar-refractivity contribution in [1.29, 1.82) is 0 Å². The third kappa shape index (κ3) is 2.12. The fraction of sp³-hybridized carbons (Fsp3) is 0.800. The summed E-state index contributed by atoms with van der Waals surface area (Å²) in [6.07, 6.45) is -2.98. The molecule has 6 heteroatoms. The van der Waals surface area contributed by atoms with Crippen LogP contribution in [0.25, 0.3) is 0 Å². The van der Waals surface area contributed by atoms with Gasteiger partial charge in [0.25, 0.3) is 0 Å². The molecule has 0 saturated carbocycles. The number of hydrogen-bond acceptors (Lipinski definition) is 5. The molecule has 2 heterocycles. The summed E-state index contributed by atoms with van der Waals surface area (Å²) < 4.78 is 16.4. The fourth-order valence-electron chi connectivity index (χ4n) is 1.91. The molecule has 2 aliphatic rings. The van der Waals surface area contributed by atoms with E-state index in [1.54, 1.807) is 13.8 Å². The second-order valence-electron chi connectivity index (χ2n) is 4.40. The molecular weight excluding hydrogens is 280 g/mol. The highest BCUT2D eigenvalue weighted by molar-refractivity contribution is 9.11. The summed E-state index contributed by atoms with van der Waals surface area (Å²) in [6.45, 7) is 3.94. The van der Waals surface area contributed by atoms with E-state index in [1.807, 2.05) is 0 Å². The topological polar surface area (TPSA) is 68.2 Å². The number of hydrogen-bond donors (Lipinski definition) is 2. The first-order chi connectivity index (χ1) is 7.44. The van der Waals surface area contributed by atoms with E-state index in [1.165, 1.54) is 4.99 Å². The second kappa shape index (κ2) is 4.27. The van der Waals surface area contributed by atoms with Gasteiger partial charge in [-0.05, 0) is 13.8 Å². The van der Waals surface area contributed by atoms with Crippen LogP contribution in [0.3, 0.4) is 0 Å². The van der Waals surface area contributed by atoms with Gasteiger partial charge >= 0.3 is 0 Å². The minimum absolute atomic E-state index is 0.311. The monoisotopic (exact) mass is 294 g/mol. The quantitative estimate of drug-likeness (QED) is 0.737. The van der Waals surface area contributed by atoms with Crippen molar-refractivity contribution < 1.29 is 24.4 Å². The van der Waals surface area contributed by atoms with Crippen molar-refractivity contribution in [3.8, 4) is 0 Å². The first-order valence-electron chi connectivity index (χ1n) is 5.09. The van der Waals surface area contributed by atoms with Gasteiger partial charge in [0.2, 0.25) is 0 Å². The molecule has 2 saturated heterocycles. The predicted molar refractivity (Wildman–Crippen MR) is 58.8 cm³/mol. The average molecular weight is 295 g/mol. The molecule has 2 N–H and O–H groups in total. The highest BCUT2D eigenvalue weighted by atomic mass is 79.9. The minimum Gasteiger partial charge on any atom is -0.486 e. The molecule has 4 atom stereocenters. The molecule has 16 heavy (non-hydrogen) atoms. The Hall–Kier alpha value is -0.140. The number of rotatable bonds is 1. The van der Waals surface area contributed by atoms with Crippen molar-refractivity contribution in [2.45, 2.75) is 44.1 Å². The van der Waals surface area contributed by atoms with Crippen LogP contribution in [0.4, 0.5) is 0 Å². The predicted octanol–water partition coefficient (Wildman–Crippen LogP) is 0.495. The van der Waals surface area contributed by atoms with Crippen molar-refractivity contribution in [2.75, 3.05) is 6.61 Å². The van der Waals surface area contributed by atoms with Crippen LogP contribution in [0.15, 0.2) is 10.7 Å². The van der Waals surface area contributed by atoms with Gasteiger partial charge < -0.3 is 24.4 Å². The van der Waals surface area contributed by atoms with Gasteiger partial charge in [-0.15, -0.1) is 0 Å². The number of ether oxygens (including phenoxy) is 3. The van der Waals surface area contributed by atoms with E-state index in [2.05, 4.69) is 15.9 Å². The molecule has 0 unspecified atom stereocenters. The van der Waals surface area contributed by atoms with Gasteiger partial charge in [0, 0.05) is 4.99 Å². The van der Waals surface area contributed by atoms with Gasteiger partial charge in [-0.2, -0.15) is 0 Å². The molecule has 2 aliphatic heterocycles. The molecule has 2 fully saturated rings. The number of aliphatic hydroxyl groups is 2. The summed E-state index contributed by atoms with van der Waals surface area (Å²) >= 11 is 3.07. The van der Waals surface area contributed by atoms with E-state index in [-0.39, 0.29) is 6.10 Å². The Morgan fingerprint density at radius 3 is 2.56 bits per heavy atom. The molecule has 0 aromatic heterocycles. The maximum atomic E-state index is 9.82. The molecule has 5 nitrogen and oxygen atoms in total. The first-order valence-corrected chi connectivity index (χ1v) is 6.01. The Kier molecular flexibility index (Phi) is 3.29. The van der Waals surface area contributed by atoms with Gasteiger partial charge in [0.1, 0.15) is 24.1 Å². The van der Waals surface area contributed by atoms with Gasteiger partial charge in [0.15, 0.2) is 11.9 Å². The van der Waals surface area contributed by atoms with Gasteiger partial charge in [-0.25, -0.2) is 0 Å². The molecular formula is C10H15BrO5. The molecule has 92 valence electrons. The van der Waals surface area contributed by atoms with Crippen LogP contribution < -0.4 is 0 Å². The molecule has 0 radical (unpaired) electrons. The smallest absolute Gasteiger partial charge is 0.163 e. The zero-order chi connectivity index (χ0) is 11.9. The lowest BCUT2D eigenvalue weighted by Crippen LogP contribution is -2.40. The maximum Gasteiger partial charge on any atom is 0.163 e. The van der Waals surface area contributed by atoms with Crippen LogP contribution in [0.5, 0.6) is 0 Å². The Labute approximate surface area is 102 Å². The third-order valence-corrected chi connectivity index (χ3v) is 3.18. The van der Waals surface area contributed by atoms with Crippen LogP contribution >= 0.6 is 15.9 Å². The van der Waals surface area contributed by atoms with Gasteiger partial charge in [-0.1, -0.05) is 15.9 Å². The van der Waals surface area contributed by atoms with Crippen LogP contribution in [0.1, 0.15) is 13.8 Å². The molecule has 0 spiro atoms. The van der Waals surface area contributed by atoms with Crippen LogP contribution in [-0.2, 0) is 14.2 Å². The van der Waals surface area contributed by atoms with E-state index in [9.17, 15) is 10.2 Å². The molecule has 2 rings (SSSR count). The number of aliphatic hydroxyl groups excluding tert-OH is 2. The summed E-state index contributed by atoms with van der Waals surface area (Å²) in [5, 5.41) is 19.5. The van der Waals surface area contributed by atoms with Gasteiger partial charge in [-0.3, -0.25) is 0 Å². The first kappa shape index (κ1) is 12.3. The summed E-state index contributed by atoms with van der Waals surface area (Å²) in [5.41, 5.74) is 0. The summed E-state index contributed by atoms with van der Waals surface area (Å²) in [4.78, 5) is 1.46. The summed E-state index contributed by atoms with van der Waals surface area (Å²) in [7, 11) is 0. The number of halogens is 1. The SMILES string of the molecule is CC1(C)OC[C@H]([C@H]2O/C(=C\Br)[C@H](O)[C@H]2O)O1. The van der Waals surface area contributed by atoms with E-state index >= 15 is 0 Å². The summed E-state index contributed by atoms with van der Waals surface area (Å²) in [6, 6.07) is 0. The maximum absolute atomic E-state index is 9.82. The van der Waals surface area contributed by atoms with Crippen molar-refractivity contribution in [3.05, 3.63) is 10.7 Å². The molecule has 0 bridgehead atoms. The van der Waals surface area contributed by atoms with E-state index in [0.29, 0.717) is 12.4 Å². The lowest BCUT2D eigenvalue weighted by atomic mass is 10.1. The standard InChI is InChI=1S/C10H15BrO5/c1-10(2)14-4-6(16-10)9-8(13)7(12)5(3-11)15-9/h3,6-9,12-13H,4H2,1-2H3/b5-3-/t6-,7+,8-,9-/m1/s1. The third-order valence-electron chi connectivity index (χ3n) is 2.73. The molecule has 0 aliphatic carbocycles. The second-order valence-corrected chi connectivity index (χ2v) is 4.85. The Morgan fingerprint density at radius 2 is 2.12 bits per heavy atom. The minimum atomic E-state index is -1.02. The van der Waals surface area contributed by atoms with Crippen molar-refractivity contribution >= 4 is 15.9 Å². The Bertz CT molecular complexity index is 304. The van der Waals surface area contributed by atoms with Crippen LogP contribution in [0.2, 0.25) is 0 Å². The Morgan fingerprint density at radius 1 is 1.44 bits per heavy atom. The molecule has 0 amide bonds. The van der Waals surface area contributed by atoms with Crippen molar-refractivity contribution in [3.63, 3.8) is 0 Å². The molecule has 0 aromatic carbocycles. The van der Waals surface area contributed by atoms with E-state index < -0.39 is 24.1 Å². The largest absolute Gasteiger partial charge is 0.486 e. The van der Waals surface area contributed by atoms with Crippen LogP contribution in [0, 0.1) is 0 Å². The van der Waals surface area contributed by atoms with E-state index in [0.717, 1.165) is 0 Å². The molecule has 0 aromatic rings. The lowest BCUT2D eigenvalue weighted by molar-refractivity contribution is -0.156. The Balaban J connectivity index is 2.07.